The molecule has 0 saturated carbocycles. The molecule has 1 aliphatic rings. The lowest BCUT2D eigenvalue weighted by molar-refractivity contribution is 0.312. The van der Waals surface area contributed by atoms with Crippen LogP contribution >= 0.6 is 0 Å². The van der Waals surface area contributed by atoms with E-state index in [1.165, 1.54) is 0 Å². The van der Waals surface area contributed by atoms with Crippen molar-refractivity contribution < 1.29 is 0 Å². The molecule has 6 rings (SSSR count). The van der Waals surface area contributed by atoms with Crippen molar-refractivity contribution in [1.82, 2.24) is 44.0 Å². The Morgan fingerprint density at radius 2 is 1.91 bits per heavy atom. The minimum atomic E-state index is 0.613. The first-order chi connectivity index (χ1) is 17.1. The lowest BCUT2D eigenvalue weighted by atomic mass is 10.2. The Labute approximate surface area is 202 Å². The molecule has 0 atom stereocenters. The van der Waals surface area contributed by atoms with E-state index in [9.17, 15) is 0 Å². The third kappa shape index (κ3) is 3.83. The predicted octanol–water partition coefficient (Wildman–Crippen LogP) is 2.08. The van der Waals surface area contributed by atoms with Gasteiger partial charge in [0, 0.05) is 57.9 Å². The van der Waals surface area contributed by atoms with Gasteiger partial charge in [-0.1, -0.05) is 6.07 Å². The highest BCUT2D eigenvalue weighted by Crippen LogP contribution is 2.29. The standard InChI is InChI=1S/C24H27N11/c1-16-30-31-24-22(25-2)28-19(15-34(16)24)23-29-18-13-27-21(33-9-7-32(3)8-10-33)11-20(18)35(23)14-17-5-4-6-26-12-17/h4-6,11-13,15H,7-10,14H2,1-3H3,(H,25,28). The zero-order valence-corrected chi connectivity index (χ0v) is 20.0. The van der Waals surface area contributed by atoms with Gasteiger partial charge in [0.2, 0.25) is 5.65 Å². The van der Waals surface area contributed by atoms with Crippen molar-refractivity contribution in [2.75, 3.05) is 50.5 Å². The zero-order chi connectivity index (χ0) is 23.9. The molecule has 1 N–H and O–H groups in total. The highest BCUT2D eigenvalue weighted by molar-refractivity contribution is 5.82. The summed E-state index contributed by atoms with van der Waals surface area (Å²) in [5.74, 6) is 3.17. The van der Waals surface area contributed by atoms with Crippen LogP contribution in [0.25, 0.3) is 28.2 Å². The van der Waals surface area contributed by atoms with Gasteiger partial charge in [-0.2, -0.15) is 0 Å². The fourth-order valence-electron chi connectivity index (χ4n) is 4.54. The second-order valence-electron chi connectivity index (χ2n) is 8.87. The lowest BCUT2D eigenvalue weighted by Gasteiger charge is -2.33. The number of fused-ring (bicyclic) bond motifs is 2. The van der Waals surface area contributed by atoms with E-state index in [-0.39, 0.29) is 0 Å². The van der Waals surface area contributed by atoms with Crippen LogP contribution in [-0.4, -0.2) is 84.3 Å². The molecule has 6 heterocycles. The van der Waals surface area contributed by atoms with Crippen LogP contribution < -0.4 is 10.2 Å². The molecule has 11 nitrogen and oxygen atoms in total. The quantitative estimate of drug-likeness (QED) is 0.414. The number of aromatic nitrogens is 8. The van der Waals surface area contributed by atoms with Gasteiger partial charge in [0.05, 0.1) is 18.3 Å². The molecule has 5 aromatic heterocycles. The lowest BCUT2D eigenvalue weighted by Crippen LogP contribution is -2.44. The third-order valence-corrected chi connectivity index (χ3v) is 6.54. The Morgan fingerprint density at radius 1 is 1.06 bits per heavy atom. The summed E-state index contributed by atoms with van der Waals surface area (Å²) in [4.78, 5) is 23.6. The molecule has 1 fully saturated rings. The highest BCUT2D eigenvalue weighted by atomic mass is 15.3. The number of anilines is 2. The number of imidazole rings is 1. The molecule has 35 heavy (non-hydrogen) atoms. The Morgan fingerprint density at radius 3 is 2.69 bits per heavy atom. The van der Waals surface area contributed by atoms with E-state index in [4.69, 9.17) is 15.0 Å². The van der Waals surface area contributed by atoms with Crippen molar-refractivity contribution in [2.45, 2.75) is 13.5 Å². The van der Waals surface area contributed by atoms with Crippen LogP contribution in [0.15, 0.2) is 43.0 Å². The van der Waals surface area contributed by atoms with Crippen LogP contribution in [-0.2, 0) is 6.54 Å². The average Bonchev–Trinajstić information content (AvgIpc) is 3.44. The van der Waals surface area contributed by atoms with Crippen LogP contribution in [0.5, 0.6) is 0 Å². The summed E-state index contributed by atoms with van der Waals surface area (Å²) >= 11 is 0. The van der Waals surface area contributed by atoms with Crippen LogP contribution in [0, 0.1) is 6.92 Å². The minimum Gasteiger partial charge on any atom is -0.370 e. The molecule has 0 spiro atoms. The summed E-state index contributed by atoms with van der Waals surface area (Å²) in [5.41, 5.74) is 4.34. The van der Waals surface area contributed by atoms with E-state index in [2.05, 4.69) is 54.0 Å². The van der Waals surface area contributed by atoms with Crippen molar-refractivity contribution >= 4 is 28.3 Å². The van der Waals surface area contributed by atoms with Gasteiger partial charge in [-0.3, -0.25) is 9.38 Å². The van der Waals surface area contributed by atoms with E-state index in [1.54, 1.807) is 6.20 Å². The number of pyridine rings is 2. The van der Waals surface area contributed by atoms with Crippen molar-refractivity contribution in [1.29, 1.82) is 0 Å². The summed E-state index contributed by atoms with van der Waals surface area (Å²) in [7, 11) is 3.99. The maximum atomic E-state index is 4.98. The third-order valence-electron chi connectivity index (χ3n) is 6.54. The number of nitrogens with zero attached hydrogens (tertiary/aromatic N) is 10. The summed E-state index contributed by atoms with van der Waals surface area (Å²) in [5, 5.41) is 11.6. The fraction of sp³-hybridized carbons (Fsp3) is 0.333. The average molecular weight is 470 g/mol. The van der Waals surface area contributed by atoms with E-state index in [0.717, 1.165) is 65.9 Å². The van der Waals surface area contributed by atoms with Gasteiger partial charge in [0.25, 0.3) is 0 Å². The van der Waals surface area contributed by atoms with Crippen molar-refractivity contribution in [2.24, 2.45) is 0 Å². The normalized spacial score (nSPS) is 14.8. The molecular weight excluding hydrogens is 442 g/mol. The molecule has 0 aliphatic carbocycles. The maximum Gasteiger partial charge on any atom is 0.203 e. The minimum absolute atomic E-state index is 0.613. The van der Waals surface area contributed by atoms with Gasteiger partial charge in [0.1, 0.15) is 22.9 Å². The summed E-state index contributed by atoms with van der Waals surface area (Å²) < 4.78 is 4.14. The van der Waals surface area contributed by atoms with Crippen LogP contribution in [0.4, 0.5) is 11.6 Å². The first-order valence-corrected chi connectivity index (χ1v) is 11.7. The van der Waals surface area contributed by atoms with Gasteiger partial charge in [-0.05, 0) is 25.6 Å². The van der Waals surface area contributed by atoms with Gasteiger partial charge >= 0.3 is 0 Å². The molecule has 0 radical (unpaired) electrons. The number of hydrogen-bond acceptors (Lipinski definition) is 9. The number of piperazine rings is 1. The molecular formula is C24H27N11. The van der Waals surface area contributed by atoms with E-state index in [1.807, 2.05) is 43.0 Å². The molecule has 1 aliphatic heterocycles. The molecule has 0 unspecified atom stereocenters. The first kappa shape index (κ1) is 21.4. The van der Waals surface area contributed by atoms with Gasteiger partial charge in [0.15, 0.2) is 11.6 Å². The van der Waals surface area contributed by atoms with Gasteiger partial charge in [-0.25, -0.2) is 15.0 Å². The molecule has 0 amide bonds. The first-order valence-electron chi connectivity index (χ1n) is 11.7. The van der Waals surface area contributed by atoms with E-state index < -0.39 is 0 Å². The molecule has 5 aromatic rings. The van der Waals surface area contributed by atoms with Crippen LogP contribution in [0.3, 0.4) is 0 Å². The van der Waals surface area contributed by atoms with Gasteiger partial charge in [-0.15, -0.1) is 10.2 Å². The van der Waals surface area contributed by atoms with Gasteiger partial charge < -0.3 is 19.7 Å². The topological polar surface area (TPSA) is 105 Å². The smallest absolute Gasteiger partial charge is 0.203 e. The van der Waals surface area contributed by atoms with Crippen molar-refractivity contribution in [3.8, 4) is 11.5 Å². The number of hydrogen-bond donors (Lipinski definition) is 1. The maximum absolute atomic E-state index is 4.98. The largest absolute Gasteiger partial charge is 0.370 e. The van der Waals surface area contributed by atoms with Crippen LogP contribution in [0.2, 0.25) is 0 Å². The monoisotopic (exact) mass is 469 g/mol. The molecule has 11 heteroatoms. The molecule has 178 valence electrons. The summed E-state index contributed by atoms with van der Waals surface area (Å²) in [6.45, 7) is 6.49. The second-order valence-corrected chi connectivity index (χ2v) is 8.87. The molecule has 0 aromatic carbocycles. The number of rotatable bonds is 5. The van der Waals surface area contributed by atoms with E-state index in [0.29, 0.717) is 18.0 Å². The zero-order valence-electron chi connectivity index (χ0n) is 20.0. The van der Waals surface area contributed by atoms with Crippen molar-refractivity contribution in [3.05, 3.63) is 54.4 Å². The van der Waals surface area contributed by atoms with Crippen molar-refractivity contribution in [3.63, 3.8) is 0 Å². The molecule has 0 bridgehead atoms. The Bertz CT molecular complexity index is 1500. The number of nitrogens with one attached hydrogen (secondary N) is 1. The summed E-state index contributed by atoms with van der Waals surface area (Å²) in [6, 6.07) is 6.18. The number of aryl methyl sites for hydroxylation is 1. The second kappa shape index (κ2) is 8.58. The predicted molar refractivity (Wildman–Crippen MR) is 135 cm³/mol. The highest BCUT2D eigenvalue weighted by Gasteiger charge is 2.21. The molecule has 1 saturated heterocycles. The number of likely N-dealkylation sites (N-methyl/N-ethyl adjacent to an activating group) is 1. The van der Waals surface area contributed by atoms with Crippen LogP contribution in [0.1, 0.15) is 11.4 Å². The Hall–Kier alpha value is -4.12. The SMILES string of the molecule is CNc1nc(-c2nc3cnc(N4CCN(C)CC4)cc3n2Cc2cccnc2)cn2c(C)nnc12. The van der Waals surface area contributed by atoms with E-state index >= 15 is 0 Å². The summed E-state index contributed by atoms with van der Waals surface area (Å²) in [6.07, 6.45) is 7.49. The Balaban J connectivity index is 1.52. The Kier molecular flexibility index (Phi) is 5.25. The fourth-order valence-corrected chi connectivity index (χ4v) is 4.54.